The molecule has 0 fully saturated rings. The van der Waals surface area contributed by atoms with Gasteiger partial charge in [-0.1, -0.05) is 20.8 Å². The van der Waals surface area contributed by atoms with Crippen LogP contribution >= 0.6 is 0 Å². The first-order chi connectivity index (χ1) is 12.6. The number of aliphatic hydroxyl groups is 1. The van der Waals surface area contributed by atoms with Crippen LogP contribution in [-0.4, -0.2) is 61.5 Å². The predicted octanol–water partition coefficient (Wildman–Crippen LogP) is 3.08. The smallest absolute Gasteiger partial charge is 0.420 e. The molecule has 27 heavy (non-hydrogen) atoms. The fourth-order valence-electron chi connectivity index (χ4n) is 2.57. The quantitative estimate of drug-likeness (QED) is 0.747. The molecule has 0 spiro atoms. The van der Waals surface area contributed by atoms with Crippen LogP contribution in [0.2, 0.25) is 0 Å². The Labute approximate surface area is 160 Å². The fraction of sp³-hybridized carbons (Fsp3) is 0.550. The van der Waals surface area contributed by atoms with Crippen molar-refractivity contribution in [3.63, 3.8) is 0 Å². The monoisotopic (exact) mass is 378 g/mol. The SMILES string of the molecule is COc1ccc2c(c1)c(CCN(C)C)cn2C(=O)OCOC(O)C(C)(C)C. The fourth-order valence-corrected chi connectivity index (χ4v) is 2.57. The molecule has 0 radical (unpaired) electrons. The largest absolute Gasteiger partial charge is 0.497 e. The molecular formula is C20H30N2O5. The van der Waals surface area contributed by atoms with Gasteiger partial charge in [-0.25, -0.2) is 4.79 Å². The van der Waals surface area contributed by atoms with Gasteiger partial charge in [-0.15, -0.1) is 0 Å². The minimum Gasteiger partial charge on any atom is -0.497 e. The average Bonchev–Trinajstić information content (AvgIpc) is 2.96. The van der Waals surface area contributed by atoms with Crippen molar-refractivity contribution in [3.05, 3.63) is 30.0 Å². The van der Waals surface area contributed by atoms with E-state index in [4.69, 9.17) is 14.2 Å². The van der Waals surface area contributed by atoms with Crippen LogP contribution in [0, 0.1) is 5.41 Å². The van der Waals surface area contributed by atoms with E-state index in [2.05, 4.69) is 4.90 Å². The van der Waals surface area contributed by atoms with E-state index in [0.717, 1.165) is 35.2 Å². The third-order valence-corrected chi connectivity index (χ3v) is 4.27. The van der Waals surface area contributed by atoms with Crippen molar-refractivity contribution in [1.82, 2.24) is 9.47 Å². The maximum Gasteiger partial charge on any atom is 0.420 e. The summed E-state index contributed by atoms with van der Waals surface area (Å²) in [6, 6.07) is 5.56. The summed E-state index contributed by atoms with van der Waals surface area (Å²) < 4.78 is 17.2. The Hall–Kier alpha value is -2.09. The highest BCUT2D eigenvalue weighted by Gasteiger charge is 2.23. The number of nitrogens with zero attached hydrogens (tertiary/aromatic N) is 2. The van der Waals surface area contributed by atoms with E-state index >= 15 is 0 Å². The van der Waals surface area contributed by atoms with Crippen LogP contribution in [0.25, 0.3) is 10.9 Å². The Bertz CT molecular complexity index is 777. The maximum absolute atomic E-state index is 12.5. The number of benzene rings is 1. The molecule has 0 amide bonds. The molecule has 7 nitrogen and oxygen atoms in total. The van der Waals surface area contributed by atoms with Gasteiger partial charge in [0.1, 0.15) is 5.75 Å². The zero-order chi connectivity index (χ0) is 20.2. The second-order valence-corrected chi connectivity index (χ2v) is 7.87. The normalized spacial score (nSPS) is 13.2. The molecule has 2 aromatic rings. The second-order valence-electron chi connectivity index (χ2n) is 7.87. The van der Waals surface area contributed by atoms with Crippen LogP contribution in [-0.2, 0) is 15.9 Å². The minimum atomic E-state index is -1.02. The summed E-state index contributed by atoms with van der Waals surface area (Å²) in [6.45, 7) is 6.04. The molecule has 2 rings (SSSR count). The molecule has 1 unspecified atom stereocenters. The number of aliphatic hydroxyl groups excluding tert-OH is 1. The number of likely N-dealkylation sites (N-methyl/N-ethyl adjacent to an activating group) is 1. The molecule has 7 heteroatoms. The number of aromatic nitrogens is 1. The number of fused-ring (bicyclic) bond motifs is 1. The summed E-state index contributed by atoms with van der Waals surface area (Å²) in [4.78, 5) is 14.6. The summed E-state index contributed by atoms with van der Waals surface area (Å²) in [5.74, 6) is 0.733. The molecule has 1 atom stereocenters. The van der Waals surface area contributed by atoms with Crippen molar-refractivity contribution in [2.75, 3.05) is 34.5 Å². The van der Waals surface area contributed by atoms with Crippen molar-refractivity contribution in [2.24, 2.45) is 5.41 Å². The van der Waals surface area contributed by atoms with Gasteiger partial charge in [0.2, 0.25) is 0 Å². The highest BCUT2D eigenvalue weighted by atomic mass is 16.7. The lowest BCUT2D eigenvalue weighted by Crippen LogP contribution is -2.30. The molecule has 1 aromatic carbocycles. The Morgan fingerprint density at radius 2 is 2.00 bits per heavy atom. The molecule has 0 saturated heterocycles. The Balaban J connectivity index is 2.20. The van der Waals surface area contributed by atoms with Gasteiger partial charge in [0.25, 0.3) is 0 Å². The van der Waals surface area contributed by atoms with E-state index in [-0.39, 0.29) is 6.79 Å². The van der Waals surface area contributed by atoms with Crippen molar-refractivity contribution >= 4 is 17.0 Å². The van der Waals surface area contributed by atoms with Crippen LogP contribution in [0.1, 0.15) is 26.3 Å². The van der Waals surface area contributed by atoms with E-state index in [9.17, 15) is 9.90 Å². The van der Waals surface area contributed by atoms with Gasteiger partial charge in [0.15, 0.2) is 13.1 Å². The molecule has 0 aliphatic rings. The maximum atomic E-state index is 12.5. The summed E-state index contributed by atoms with van der Waals surface area (Å²) in [5, 5.41) is 10.8. The lowest BCUT2D eigenvalue weighted by Gasteiger charge is -2.25. The van der Waals surface area contributed by atoms with Crippen molar-refractivity contribution in [1.29, 1.82) is 0 Å². The van der Waals surface area contributed by atoms with Crippen molar-refractivity contribution in [2.45, 2.75) is 33.5 Å². The van der Waals surface area contributed by atoms with E-state index in [0.29, 0.717) is 0 Å². The number of carbonyl (C=O) groups excluding carboxylic acids is 1. The highest BCUT2D eigenvalue weighted by molar-refractivity contribution is 5.92. The standard InChI is InChI=1S/C20H30N2O5/c1-20(2,3)18(23)26-13-27-19(24)22-12-14(9-10-21(4)5)16-11-15(25-6)7-8-17(16)22/h7-8,11-12,18,23H,9-10,13H2,1-6H3. The van der Waals surface area contributed by atoms with Crippen LogP contribution in [0.3, 0.4) is 0 Å². The number of hydrogen-bond acceptors (Lipinski definition) is 6. The van der Waals surface area contributed by atoms with E-state index < -0.39 is 17.8 Å². The lowest BCUT2D eigenvalue weighted by atomic mass is 9.96. The molecular weight excluding hydrogens is 348 g/mol. The van der Waals surface area contributed by atoms with Gasteiger partial charge in [0.05, 0.1) is 12.6 Å². The Morgan fingerprint density at radius 3 is 2.59 bits per heavy atom. The molecule has 150 valence electrons. The molecule has 1 heterocycles. The molecule has 0 aliphatic heterocycles. The van der Waals surface area contributed by atoms with Crippen molar-refractivity contribution in [3.8, 4) is 5.75 Å². The molecule has 0 saturated carbocycles. The number of ether oxygens (including phenoxy) is 3. The van der Waals surface area contributed by atoms with Crippen molar-refractivity contribution < 1.29 is 24.1 Å². The predicted molar refractivity (Wildman–Crippen MR) is 104 cm³/mol. The lowest BCUT2D eigenvalue weighted by molar-refractivity contribution is -0.196. The number of carbonyl (C=O) groups is 1. The summed E-state index contributed by atoms with van der Waals surface area (Å²) in [6.07, 6.45) is 1.00. The zero-order valence-electron chi connectivity index (χ0n) is 17.0. The number of rotatable bonds is 7. The van der Waals surface area contributed by atoms with E-state index in [1.54, 1.807) is 13.3 Å². The van der Waals surface area contributed by atoms with Crippen LogP contribution in [0.4, 0.5) is 4.79 Å². The first kappa shape index (κ1) is 21.2. The zero-order valence-corrected chi connectivity index (χ0v) is 17.0. The first-order valence-corrected chi connectivity index (χ1v) is 8.93. The van der Waals surface area contributed by atoms with Crippen LogP contribution in [0.5, 0.6) is 5.75 Å². The third kappa shape index (κ3) is 5.45. The van der Waals surface area contributed by atoms with Gasteiger partial charge < -0.3 is 24.2 Å². The molecule has 0 bridgehead atoms. The van der Waals surface area contributed by atoms with Gasteiger partial charge in [-0.3, -0.25) is 4.57 Å². The van der Waals surface area contributed by atoms with Gasteiger partial charge in [0, 0.05) is 23.5 Å². The minimum absolute atomic E-state index is 0.319. The third-order valence-electron chi connectivity index (χ3n) is 4.27. The topological polar surface area (TPSA) is 73.2 Å². The highest BCUT2D eigenvalue weighted by Crippen LogP contribution is 2.27. The molecule has 1 N–H and O–H groups in total. The number of methoxy groups -OCH3 is 1. The molecule has 0 aliphatic carbocycles. The van der Waals surface area contributed by atoms with E-state index in [1.807, 2.05) is 53.1 Å². The van der Waals surface area contributed by atoms with Crippen LogP contribution < -0.4 is 4.74 Å². The summed E-state index contributed by atoms with van der Waals surface area (Å²) in [5.41, 5.74) is 1.32. The van der Waals surface area contributed by atoms with Gasteiger partial charge in [-0.2, -0.15) is 0 Å². The first-order valence-electron chi connectivity index (χ1n) is 8.93. The Morgan fingerprint density at radius 1 is 1.30 bits per heavy atom. The Kier molecular flexibility index (Phi) is 6.86. The average molecular weight is 378 g/mol. The number of hydrogen-bond donors (Lipinski definition) is 1. The summed E-state index contributed by atoms with van der Waals surface area (Å²) in [7, 11) is 5.63. The van der Waals surface area contributed by atoms with Gasteiger partial charge in [-0.05, 0) is 44.3 Å². The molecule has 1 aromatic heterocycles. The van der Waals surface area contributed by atoms with E-state index in [1.165, 1.54) is 4.57 Å². The second kappa shape index (κ2) is 8.73. The summed E-state index contributed by atoms with van der Waals surface area (Å²) >= 11 is 0. The van der Waals surface area contributed by atoms with Crippen LogP contribution in [0.15, 0.2) is 24.4 Å². The van der Waals surface area contributed by atoms with Gasteiger partial charge >= 0.3 is 6.09 Å².